The van der Waals surface area contributed by atoms with Gasteiger partial charge in [-0.1, -0.05) is 6.92 Å². The largest absolute Gasteiger partial charge is 0.466 e. The lowest BCUT2D eigenvalue weighted by Crippen LogP contribution is -2.36. The number of hydrogen-bond donors (Lipinski definition) is 0. The first-order chi connectivity index (χ1) is 13.8. The molecule has 0 saturated heterocycles. The Morgan fingerprint density at radius 2 is 1.48 bits per heavy atom. The molecule has 0 amide bonds. The topological polar surface area (TPSA) is 63.7 Å². The maximum Gasteiger partial charge on any atom is 0.305 e. The molecule has 5 nitrogen and oxygen atoms in total. The maximum atomic E-state index is 12.7. The summed E-state index contributed by atoms with van der Waals surface area (Å²) in [5.74, 6) is 1.69. The Balaban J connectivity index is 1.62. The van der Waals surface area contributed by atoms with Crippen molar-refractivity contribution in [2.45, 2.75) is 102 Å². The Labute approximate surface area is 178 Å². The van der Waals surface area contributed by atoms with Crippen molar-refractivity contribution in [3.63, 3.8) is 0 Å². The van der Waals surface area contributed by atoms with E-state index in [9.17, 15) is 13.2 Å². The lowest BCUT2D eigenvalue weighted by molar-refractivity contribution is -0.143. The smallest absolute Gasteiger partial charge is 0.305 e. The van der Waals surface area contributed by atoms with Crippen molar-refractivity contribution in [2.75, 3.05) is 26.5 Å². The fraction of sp³-hybridized carbons (Fsp3) is 0.957. The number of esters is 1. The molecular weight excluding hydrogens is 386 g/mol. The van der Waals surface area contributed by atoms with Crippen LogP contribution in [0.25, 0.3) is 0 Å². The highest BCUT2D eigenvalue weighted by atomic mass is 32.2. The predicted octanol–water partition coefficient (Wildman–Crippen LogP) is 4.59. The second-order valence-corrected chi connectivity index (χ2v) is 11.9. The minimum atomic E-state index is -2.98. The van der Waals surface area contributed by atoms with Gasteiger partial charge < -0.3 is 9.64 Å². The molecule has 0 atom stereocenters. The quantitative estimate of drug-likeness (QED) is 0.355. The van der Waals surface area contributed by atoms with Crippen LogP contribution < -0.4 is 0 Å². The van der Waals surface area contributed by atoms with Crippen LogP contribution in [0.1, 0.15) is 90.4 Å². The van der Waals surface area contributed by atoms with E-state index in [0.717, 1.165) is 62.8 Å². The molecular formula is C23H43NO4S. The van der Waals surface area contributed by atoms with Crippen LogP contribution in [0.3, 0.4) is 0 Å². The number of unbranched alkanes of at least 4 members (excludes halogenated alkanes) is 2. The zero-order chi connectivity index (χ0) is 21.3. The summed E-state index contributed by atoms with van der Waals surface area (Å²) in [6.45, 7) is 2.37. The van der Waals surface area contributed by atoms with Gasteiger partial charge in [-0.05, 0) is 103 Å². The molecule has 0 bridgehead atoms. The van der Waals surface area contributed by atoms with Crippen molar-refractivity contribution in [1.29, 1.82) is 0 Å². The van der Waals surface area contributed by atoms with Crippen LogP contribution in [-0.4, -0.2) is 57.0 Å². The fourth-order valence-corrected chi connectivity index (χ4v) is 7.15. The molecule has 0 aliphatic heterocycles. The molecule has 0 aromatic carbocycles. The number of carbonyl (C=O) groups is 1. The van der Waals surface area contributed by atoms with Crippen LogP contribution in [0.4, 0.5) is 0 Å². The van der Waals surface area contributed by atoms with Crippen LogP contribution in [0.5, 0.6) is 0 Å². The van der Waals surface area contributed by atoms with E-state index in [2.05, 4.69) is 19.0 Å². The highest BCUT2D eigenvalue weighted by molar-refractivity contribution is 7.92. The minimum absolute atomic E-state index is 0.126. The van der Waals surface area contributed by atoms with Crippen LogP contribution in [0.15, 0.2) is 0 Å². The van der Waals surface area contributed by atoms with Crippen LogP contribution >= 0.6 is 0 Å². The van der Waals surface area contributed by atoms with Gasteiger partial charge in [0.2, 0.25) is 0 Å². The number of carbonyl (C=O) groups excluding carboxylic acids is 1. The zero-order valence-electron chi connectivity index (χ0n) is 18.9. The average Bonchev–Trinajstić information content (AvgIpc) is 2.71. The summed E-state index contributed by atoms with van der Waals surface area (Å²) < 4.78 is 30.6. The van der Waals surface area contributed by atoms with Crippen molar-refractivity contribution in [3.8, 4) is 0 Å². The molecule has 0 N–H and O–H groups in total. The van der Waals surface area contributed by atoms with Crippen LogP contribution in [-0.2, 0) is 19.4 Å². The molecule has 2 aliphatic carbocycles. The van der Waals surface area contributed by atoms with Crippen LogP contribution in [0, 0.1) is 11.8 Å². The van der Waals surface area contributed by atoms with E-state index in [4.69, 9.17) is 4.74 Å². The molecule has 0 unspecified atom stereocenters. The van der Waals surface area contributed by atoms with Crippen molar-refractivity contribution in [1.82, 2.24) is 4.90 Å². The van der Waals surface area contributed by atoms with Gasteiger partial charge in [0.1, 0.15) is 0 Å². The van der Waals surface area contributed by atoms with Crippen molar-refractivity contribution >= 4 is 15.8 Å². The van der Waals surface area contributed by atoms with E-state index in [0.29, 0.717) is 25.2 Å². The van der Waals surface area contributed by atoms with Crippen LogP contribution in [0.2, 0.25) is 0 Å². The van der Waals surface area contributed by atoms with Gasteiger partial charge in [0.05, 0.1) is 17.6 Å². The molecule has 2 rings (SSSR count). The first-order valence-corrected chi connectivity index (χ1v) is 13.6. The third-order valence-electron chi connectivity index (χ3n) is 7.16. The number of nitrogens with zero attached hydrogens (tertiary/aromatic N) is 1. The lowest BCUT2D eigenvalue weighted by atomic mass is 9.72. The third-order valence-corrected chi connectivity index (χ3v) is 9.50. The Morgan fingerprint density at radius 1 is 0.897 bits per heavy atom. The molecule has 0 heterocycles. The summed E-state index contributed by atoms with van der Waals surface area (Å²) in [5.41, 5.74) is 0. The molecule has 0 radical (unpaired) electrons. The second-order valence-electron chi connectivity index (χ2n) is 9.47. The van der Waals surface area contributed by atoms with E-state index in [1.807, 2.05) is 6.92 Å². The van der Waals surface area contributed by atoms with Crippen molar-refractivity contribution in [3.05, 3.63) is 0 Å². The van der Waals surface area contributed by atoms with Gasteiger partial charge >= 0.3 is 5.97 Å². The molecule has 2 fully saturated rings. The predicted molar refractivity (Wildman–Crippen MR) is 119 cm³/mol. The summed E-state index contributed by atoms with van der Waals surface area (Å²) in [7, 11) is 1.38. The fourth-order valence-electron chi connectivity index (χ4n) is 5.22. The van der Waals surface area contributed by atoms with Crippen molar-refractivity contribution < 1.29 is 17.9 Å². The van der Waals surface area contributed by atoms with Gasteiger partial charge in [0, 0.05) is 12.5 Å². The highest BCUT2D eigenvalue weighted by Gasteiger charge is 2.35. The zero-order valence-corrected chi connectivity index (χ0v) is 19.7. The van der Waals surface area contributed by atoms with Gasteiger partial charge in [-0.3, -0.25) is 4.79 Å². The number of ether oxygens (including phenoxy) is 1. The van der Waals surface area contributed by atoms with E-state index in [1.165, 1.54) is 25.7 Å². The summed E-state index contributed by atoms with van der Waals surface area (Å²) in [6.07, 6.45) is 12.6. The van der Waals surface area contributed by atoms with Gasteiger partial charge in [0.25, 0.3) is 0 Å². The molecule has 2 aliphatic rings. The average molecular weight is 430 g/mol. The number of hydrogen-bond acceptors (Lipinski definition) is 5. The number of rotatable bonds is 11. The first kappa shape index (κ1) is 24.6. The van der Waals surface area contributed by atoms with Gasteiger partial charge in [-0.2, -0.15) is 0 Å². The SMILES string of the molecule is CCCC(=O)OCCCCCS(=O)(=O)C1CCC(C2CCC(N(C)C)CC2)CC1. The lowest BCUT2D eigenvalue weighted by Gasteiger charge is -2.39. The van der Waals surface area contributed by atoms with E-state index >= 15 is 0 Å². The molecule has 0 aromatic heterocycles. The van der Waals surface area contributed by atoms with Gasteiger partial charge in [0.15, 0.2) is 9.84 Å². The maximum absolute atomic E-state index is 12.7. The molecule has 29 heavy (non-hydrogen) atoms. The molecule has 6 heteroatoms. The van der Waals surface area contributed by atoms with E-state index in [1.54, 1.807) is 0 Å². The number of sulfone groups is 1. The Hall–Kier alpha value is -0.620. The molecule has 0 spiro atoms. The van der Waals surface area contributed by atoms with Gasteiger partial charge in [-0.15, -0.1) is 0 Å². The first-order valence-electron chi connectivity index (χ1n) is 11.9. The summed E-state index contributed by atoms with van der Waals surface area (Å²) in [6, 6.07) is 0.734. The normalized spacial score (nSPS) is 28.4. The second kappa shape index (κ2) is 12.3. The molecule has 0 aromatic rings. The van der Waals surface area contributed by atoms with Gasteiger partial charge in [-0.25, -0.2) is 8.42 Å². The summed E-state index contributed by atoms with van der Waals surface area (Å²) in [5, 5.41) is -0.126. The Bertz CT molecular complexity index is 574. The standard InChI is InChI=1S/C23H43NO4S/c1-4-8-23(25)28-17-6-5-7-18-29(26,27)22-15-11-20(12-16-22)19-9-13-21(14-10-19)24(2)3/h19-22H,4-18H2,1-3H3. The summed E-state index contributed by atoms with van der Waals surface area (Å²) >= 11 is 0. The molecule has 2 saturated carbocycles. The Morgan fingerprint density at radius 3 is 2.03 bits per heavy atom. The summed E-state index contributed by atoms with van der Waals surface area (Å²) in [4.78, 5) is 13.7. The molecule has 170 valence electrons. The Kier molecular flexibility index (Phi) is 10.4. The highest BCUT2D eigenvalue weighted by Crippen LogP contribution is 2.40. The van der Waals surface area contributed by atoms with Crippen molar-refractivity contribution in [2.24, 2.45) is 11.8 Å². The van der Waals surface area contributed by atoms with E-state index in [-0.39, 0.29) is 11.2 Å². The third kappa shape index (κ3) is 8.20. The minimum Gasteiger partial charge on any atom is -0.466 e. The van der Waals surface area contributed by atoms with E-state index < -0.39 is 9.84 Å². The monoisotopic (exact) mass is 429 g/mol.